The van der Waals surface area contributed by atoms with E-state index in [1.165, 1.54) is 24.8 Å². The Hall–Kier alpha value is -0.380. The van der Waals surface area contributed by atoms with Crippen LogP contribution in [0, 0.1) is 0 Å². The van der Waals surface area contributed by atoms with Gasteiger partial charge in [0.05, 0.1) is 12.7 Å². The molecule has 1 aliphatic rings. The molecule has 0 aromatic heterocycles. The molecule has 0 spiro atoms. The molecule has 13 heavy (non-hydrogen) atoms. The molecular formula is C10H19NO2. The van der Waals surface area contributed by atoms with Crippen LogP contribution in [0.5, 0.6) is 0 Å². The van der Waals surface area contributed by atoms with E-state index in [4.69, 9.17) is 10.2 Å². The molecule has 1 rings (SSSR count). The van der Waals surface area contributed by atoms with Crippen LogP contribution >= 0.6 is 0 Å². The van der Waals surface area contributed by atoms with Crippen molar-refractivity contribution in [1.29, 1.82) is 0 Å². The van der Waals surface area contributed by atoms with E-state index in [-0.39, 0.29) is 6.61 Å². The Morgan fingerprint density at radius 1 is 1.54 bits per heavy atom. The van der Waals surface area contributed by atoms with E-state index in [9.17, 15) is 0 Å². The van der Waals surface area contributed by atoms with Crippen LogP contribution in [-0.2, 0) is 0 Å². The third kappa shape index (κ3) is 4.41. The van der Waals surface area contributed by atoms with Gasteiger partial charge in [-0.15, -0.1) is 0 Å². The molecule has 3 heteroatoms. The largest absolute Gasteiger partial charge is 0.394 e. The van der Waals surface area contributed by atoms with Crippen LogP contribution in [0.2, 0.25) is 0 Å². The van der Waals surface area contributed by atoms with Gasteiger partial charge in [0.15, 0.2) is 0 Å². The maximum absolute atomic E-state index is 9.02. The average molecular weight is 185 g/mol. The molecule has 76 valence electrons. The third-order valence-electron chi connectivity index (χ3n) is 2.35. The molecule has 0 saturated carbocycles. The van der Waals surface area contributed by atoms with Crippen molar-refractivity contribution in [2.24, 2.45) is 0 Å². The zero-order valence-electron chi connectivity index (χ0n) is 8.00. The molecule has 0 aromatic rings. The zero-order chi connectivity index (χ0) is 9.52. The summed E-state index contributed by atoms with van der Waals surface area (Å²) in [6.07, 6.45) is 6.55. The number of allylic oxidation sites excluding steroid dienone is 1. The fourth-order valence-electron chi connectivity index (χ4n) is 1.55. The Bertz CT molecular complexity index is 168. The first-order valence-electron chi connectivity index (χ1n) is 5.00. The quantitative estimate of drug-likeness (QED) is 0.415. The highest BCUT2D eigenvalue weighted by Gasteiger charge is 2.04. The van der Waals surface area contributed by atoms with Gasteiger partial charge in [-0.25, -0.2) is 0 Å². The van der Waals surface area contributed by atoms with Gasteiger partial charge in [-0.05, 0) is 32.2 Å². The molecule has 0 aromatic carbocycles. The Kier molecular flexibility index (Phi) is 5.05. The van der Waals surface area contributed by atoms with Crippen molar-refractivity contribution < 1.29 is 10.2 Å². The Morgan fingerprint density at radius 3 is 3.00 bits per heavy atom. The predicted octanol–water partition coefficient (Wildman–Crippen LogP) is 0.430. The predicted molar refractivity (Wildman–Crippen MR) is 52.5 cm³/mol. The number of nitrogens with one attached hydrogen (secondary N) is 1. The molecule has 1 unspecified atom stereocenters. The van der Waals surface area contributed by atoms with Crippen molar-refractivity contribution in [3.05, 3.63) is 11.6 Å². The first-order valence-corrected chi connectivity index (χ1v) is 5.00. The van der Waals surface area contributed by atoms with Crippen LogP contribution in [0.3, 0.4) is 0 Å². The maximum atomic E-state index is 9.02. The van der Waals surface area contributed by atoms with E-state index < -0.39 is 6.10 Å². The lowest BCUT2D eigenvalue weighted by Crippen LogP contribution is -2.30. The Balaban J connectivity index is 1.94. The summed E-state index contributed by atoms with van der Waals surface area (Å²) in [5.74, 6) is 0. The SMILES string of the molecule is OCC(O)CNCCC1=CCCC1. The van der Waals surface area contributed by atoms with Gasteiger partial charge >= 0.3 is 0 Å². The third-order valence-corrected chi connectivity index (χ3v) is 2.35. The number of rotatable bonds is 6. The number of aliphatic hydroxyl groups is 2. The number of hydrogen-bond donors (Lipinski definition) is 3. The summed E-state index contributed by atoms with van der Waals surface area (Å²) in [5.41, 5.74) is 1.53. The minimum absolute atomic E-state index is 0.157. The van der Waals surface area contributed by atoms with Crippen molar-refractivity contribution >= 4 is 0 Å². The molecule has 0 amide bonds. The first kappa shape index (κ1) is 10.7. The highest BCUT2D eigenvalue weighted by Crippen LogP contribution is 2.19. The summed E-state index contributed by atoms with van der Waals surface area (Å²) in [6, 6.07) is 0. The Labute approximate surface area is 79.5 Å². The van der Waals surface area contributed by atoms with Crippen molar-refractivity contribution in [1.82, 2.24) is 5.32 Å². The van der Waals surface area contributed by atoms with Gasteiger partial charge in [0, 0.05) is 6.54 Å². The molecule has 0 heterocycles. The van der Waals surface area contributed by atoms with Gasteiger partial charge in [0.1, 0.15) is 0 Å². The molecule has 1 atom stereocenters. The highest BCUT2D eigenvalue weighted by atomic mass is 16.3. The fourth-order valence-corrected chi connectivity index (χ4v) is 1.55. The second kappa shape index (κ2) is 6.13. The van der Waals surface area contributed by atoms with E-state index in [1.54, 1.807) is 0 Å². The zero-order valence-corrected chi connectivity index (χ0v) is 8.00. The lowest BCUT2D eigenvalue weighted by atomic mass is 10.2. The normalized spacial score (nSPS) is 18.8. The summed E-state index contributed by atoms with van der Waals surface area (Å²) in [7, 11) is 0. The summed E-state index contributed by atoms with van der Waals surface area (Å²) >= 11 is 0. The topological polar surface area (TPSA) is 52.5 Å². The molecule has 0 radical (unpaired) electrons. The van der Waals surface area contributed by atoms with Crippen LogP contribution in [0.1, 0.15) is 25.7 Å². The summed E-state index contributed by atoms with van der Waals surface area (Å²) < 4.78 is 0. The van der Waals surface area contributed by atoms with E-state index in [0.717, 1.165) is 13.0 Å². The van der Waals surface area contributed by atoms with Crippen LogP contribution in [-0.4, -0.2) is 36.0 Å². The number of hydrogen-bond acceptors (Lipinski definition) is 3. The molecule has 0 aliphatic heterocycles. The summed E-state index contributed by atoms with van der Waals surface area (Å²) in [6.45, 7) is 1.24. The lowest BCUT2D eigenvalue weighted by Gasteiger charge is -2.08. The van der Waals surface area contributed by atoms with Crippen LogP contribution in [0.25, 0.3) is 0 Å². The molecule has 0 bridgehead atoms. The molecule has 1 aliphatic carbocycles. The highest BCUT2D eigenvalue weighted by molar-refractivity contribution is 5.07. The summed E-state index contributed by atoms with van der Waals surface area (Å²) in [5, 5.41) is 20.7. The maximum Gasteiger partial charge on any atom is 0.0894 e. The monoisotopic (exact) mass is 185 g/mol. The molecule has 0 saturated heterocycles. The van der Waals surface area contributed by atoms with Crippen LogP contribution < -0.4 is 5.32 Å². The Morgan fingerprint density at radius 2 is 2.38 bits per heavy atom. The van der Waals surface area contributed by atoms with Gasteiger partial charge in [-0.2, -0.15) is 0 Å². The smallest absolute Gasteiger partial charge is 0.0894 e. The van der Waals surface area contributed by atoms with Gasteiger partial charge in [-0.1, -0.05) is 11.6 Å². The van der Waals surface area contributed by atoms with Crippen LogP contribution in [0.15, 0.2) is 11.6 Å². The van der Waals surface area contributed by atoms with Crippen molar-refractivity contribution in [3.8, 4) is 0 Å². The van der Waals surface area contributed by atoms with Gasteiger partial charge < -0.3 is 15.5 Å². The summed E-state index contributed by atoms with van der Waals surface area (Å²) in [4.78, 5) is 0. The van der Waals surface area contributed by atoms with Crippen LogP contribution in [0.4, 0.5) is 0 Å². The van der Waals surface area contributed by atoms with Gasteiger partial charge in [0.2, 0.25) is 0 Å². The van der Waals surface area contributed by atoms with Gasteiger partial charge in [0.25, 0.3) is 0 Å². The van der Waals surface area contributed by atoms with E-state index in [2.05, 4.69) is 11.4 Å². The average Bonchev–Trinajstić information content (AvgIpc) is 2.64. The van der Waals surface area contributed by atoms with Crippen molar-refractivity contribution in [3.63, 3.8) is 0 Å². The minimum Gasteiger partial charge on any atom is -0.394 e. The molecule has 0 fully saturated rings. The van der Waals surface area contributed by atoms with E-state index >= 15 is 0 Å². The fraction of sp³-hybridized carbons (Fsp3) is 0.800. The second-order valence-corrected chi connectivity index (χ2v) is 3.55. The van der Waals surface area contributed by atoms with E-state index in [0.29, 0.717) is 6.54 Å². The standard InChI is InChI=1S/C10H19NO2/c12-8-10(13)7-11-6-5-9-3-1-2-4-9/h3,10-13H,1-2,4-8H2. The van der Waals surface area contributed by atoms with E-state index in [1.807, 2.05) is 0 Å². The van der Waals surface area contributed by atoms with Gasteiger partial charge in [-0.3, -0.25) is 0 Å². The number of aliphatic hydroxyl groups excluding tert-OH is 2. The van der Waals surface area contributed by atoms with Crippen molar-refractivity contribution in [2.45, 2.75) is 31.8 Å². The molecule has 3 nitrogen and oxygen atoms in total. The molecule has 3 N–H and O–H groups in total. The molecular weight excluding hydrogens is 166 g/mol. The minimum atomic E-state index is -0.613. The first-order chi connectivity index (χ1) is 6.33. The van der Waals surface area contributed by atoms with Crippen molar-refractivity contribution in [2.75, 3.05) is 19.7 Å². The lowest BCUT2D eigenvalue weighted by molar-refractivity contribution is 0.0947. The second-order valence-electron chi connectivity index (χ2n) is 3.55.